The fraction of sp³-hybridized carbons (Fsp3) is 0.440. The van der Waals surface area contributed by atoms with Crippen LogP contribution < -0.4 is 19.1 Å². The predicted octanol–water partition coefficient (Wildman–Crippen LogP) is 4.15. The first-order valence-electron chi connectivity index (χ1n) is 11.9. The Morgan fingerprint density at radius 2 is 1.80 bits per heavy atom. The lowest BCUT2D eigenvalue weighted by Gasteiger charge is -2.38. The summed E-state index contributed by atoms with van der Waals surface area (Å²) in [6.45, 7) is 1.29. The fourth-order valence-electron chi connectivity index (χ4n) is 3.81. The molecule has 226 valence electrons. The molecule has 3 rings (SSSR count). The molecule has 0 unspecified atom stereocenters. The monoisotopic (exact) mass is 608 g/mol. The van der Waals surface area contributed by atoms with E-state index in [9.17, 15) is 45.8 Å². The average Bonchev–Trinajstić information content (AvgIpc) is 2.87. The Balaban J connectivity index is 2.05. The third-order valence-corrected chi connectivity index (χ3v) is 8.20. The molecule has 2 aromatic carbocycles. The minimum atomic E-state index is -4.87. The zero-order chi connectivity index (χ0) is 31.0. The Hall–Kier alpha value is -3.79. The van der Waals surface area contributed by atoms with Gasteiger partial charge in [-0.1, -0.05) is 0 Å². The molecule has 0 fully saturated rings. The van der Waals surface area contributed by atoms with Gasteiger partial charge in [-0.25, -0.2) is 17.6 Å². The van der Waals surface area contributed by atoms with Crippen LogP contribution >= 0.6 is 0 Å². The SMILES string of the molecule is COc1cc(S(=O)(=O)N2C[C@H](C[C@](C)(CO)C(=O)O)Oc3ccc(NC(=O)OC(C)(C)C(F)(F)F)cc32)ccc1F. The summed E-state index contributed by atoms with van der Waals surface area (Å²) in [6.07, 6.45) is -7.76. The maximum absolute atomic E-state index is 14.0. The number of aliphatic hydroxyl groups is 1. The van der Waals surface area contributed by atoms with Crippen molar-refractivity contribution in [2.75, 3.05) is 29.9 Å². The highest BCUT2D eigenvalue weighted by molar-refractivity contribution is 7.92. The molecule has 2 atom stereocenters. The van der Waals surface area contributed by atoms with Crippen LogP contribution in [0.1, 0.15) is 27.2 Å². The van der Waals surface area contributed by atoms with Crippen molar-refractivity contribution in [2.24, 2.45) is 5.41 Å². The molecule has 0 aromatic heterocycles. The number of amides is 1. The molecule has 11 nitrogen and oxygen atoms in total. The molecule has 2 aromatic rings. The first-order valence-corrected chi connectivity index (χ1v) is 13.4. The number of carbonyl (C=O) groups excluding carboxylic acids is 1. The van der Waals surface area contributed by atoms with Crippen molar-refractivity contribution < 1.29 is 60.0 Å². The van der Waals surface area contributed by atoms with Gasteiger partial charge in [0.1, 0.15) is 11.9 Å². The van der Waals surface area contributed by atoms with Crippen LogP contribution in [0.2, 0.25) is 0 Å². The van der Waals surface area contributed by atoms with Crippen molar-refractivity contribution in [1.29, 1.82) is 0 Å². The Morgan fingerprint density at radius 1 is 1.15 bits per heavy atom. The number of carboxylic acids is 1. The summed E-state index contributed by atoms with van der Waals surface area (Å²) in [4.78, 5) is 23.6. The quantitative estimate of drug-likeness (QED) is 0.357. The van der Waals surface area contributed by atoms with E-state index < -0.39 is 69.2 Å². The van der Waals surface area contributed by atoms with E-state index in [0.29, 0.717) is 13.8 Å². The minimum absolute atomic E-state index is 0.0841. The fourth-order valence-corrected chi connectivity index (χ4v) is 5.32. The number of aliphatic carboxylic acids is 1. The second-order valence-electron chi connectivity index (χ2n) is 10.0. The lowest BCUT2D eigenvalue weighted by Crippen LogP contribution is -2.47. The highest BCUT2D eigenvalue weighted by atomic mass is 32.2. The van der Waals surface area contributed by atoms with Gasteiger partial charge in [0, 0.05) is 18.2 Å². The number of nitrogens with zero attached hydrogens (tertiary/aromatic N) is 1. The number of aliphatic hydroxyl groups excluding tert-OH is 1. The molecule has 1 heterocycles. The van der Waals surface area contributed by atoms with E-state index in [4.69, 9.17) is 9.47 Å². The normalized spacial score (nSPS) is 17.1. The number of sulfonamides is 1. The van der Waals surface area contributed by atoms with Gasteiger partial charge in [0.2, 0.25) is 5.60 Å². The van der Waals surface area contributed by atoms with Crippen LogP contribution in [0.4, 0.5) is 33.7 Å². The van der Waals surface area contributed by atoms with E-state index in [1.807, 2.05) is 0 Å². The molecule has 0 bridgehead atoms. The van der Waals surface area contributed by atoms with Crippen molar-refractivity contribution in [3.63, 3.8) is 0 Å². The molecule has 0 spiro atoms. The van der Waals surface area contributed by atoms with Gasteiger partial charge in [-0.15, -0.1) is 0 Å². The topological polar surface area (TPSA) is 152 Å². The lowest BCUT2D eigenvalue weighted by atomic mass is 9.85. The van der Waals surface area contributed by atoms with Gasteiger partial charge in [0.25, 0.3) is 10.0 Å². The molecule has 16 heteroatoms. The van der Waals surface area contributed by atoms with Crippen LogP contribution in [0, 0.1) is 11.2 Å². The number of hydrogen-bond acceptors (Lipinski definition) is 8. The summed E-state index contributed by atoms with van der Waals surface area (Å²) >= 11 is 0. The Bertz CT molecular complexity index is 1430. The maximum atomic E-state index is 14.0. The summed E-state index contributed by atoms with van der Waals surface area (Å²) in [5.41, 5.74) is -4.86. The van der Waals surface area contributed by atoms with E-state index in [2.05, 4.69) is 10.1 Å². The standard InChI is InChI=1S/C25H28F4N2O9S/c1-23(2,25(27,28)29)40-22(35)30-14-5-8-19-18(9-14)31(12-15(39-19)11-24(3,13-32)21(33)34)41(36,37)16-6-7-17(26)20(10-16)38-4/h5-10,15,32H,11-13H2,1-4H3,(H,30,35)(H,33,34)/t15-,24+/m0/s1. The summed E-state index contributed by atoms with van der Waals surface area (Å²) in [6, 6.07) is 6.31. The molecule has 0 aliphatic carbocycles. The number of carboxylic acid groups (broad SMARTS) is 1. The number of ether oxygens (including phenoxy) is 3. The number of halogens is 4. The first kappa shape index (κ1) is 31.7. The summed E-state index contributed by atoms with van der Waals surface area (Å²) in [7, 11) is -3.40. The molecule has 0 saturated heterocycles. The van der Waals surface area contributed by atoms with Gasteiger partial charge in [0.05, 0.1) is 36.3 Å². The Morgan fingerprint density at radius 3 is 2.37 bits per heavy atom. The molecule has 41 heavy (non-hydrogen) atoms. The molecule has 1 aliphatic rings. The van der Waals surface area contributed by atoms with Gasteiger partial charge in [-0.3, -0.25) is 14.4 Å². The number of nitrogens with one attached hydrogen (secondary N) is 1. The number of carbonyl (C=O) groups is 2. The van der Waals surface area contributed by atoms with Crippen molar-refractivity contribution in [3.8, 4) is 11.5 Å². The van der Waals surface area contributed by atoms with Gasteiger partial charge in [0.15, 0.2) is 11.6 Å². The number of rotatable bonds is 9. The first-order chi connectivity index (χ1) is 18.8. The van der Waals surface area contributed by atoms with E-state index in [1.165, 1.54) is 19.1 Å². The van der Waals surface area contributed by atoms with Crippen LogP contribution in [-0.2, 0) is 19.6 Å². The van der Waals surface area contributed by atoms with E-state index in [-0.39, 0.29) is 29.3 Å². The minimum Gasteiger partial charge on any atom is -0.494 e. The lowest BCUT2D eigenvalue weighted by molar-refractivity contribution is -0.242. The van der Waals surface area contributed by atoms with E-state index in [1.54, 1.807) is 0 Å². The van der Waals surface area contributed by atoms with E-state index >= 15 is 0 Å². The third-order valence-electron chi connectivity index (χ3n) is 6.42. The second kappa shape index (κ2) is 11.2. The Labute approximate surface area is 232 Å². The summed E-state index contributed by atoms with van der Waals surface area (Å²) in [5, 5.41) is 21.4. The van der Waals surface area contributed by atoms with Crippen molar-refractivity contribution in [1.82, 2.24) is 0 Å². The maximum Gasteiger partial charge on any atom is 0.427 e. The largest absolute Gasteiger partial charge is 0.494 e. The van der Waals surface area contributed by atoms with Gasteiger partial charge in [-0.05, 0) is 51.1 Å². The average molecular weight is 609 g/mol. The van der Waals surface area contributed by atoms with Gasteiger partial charge in [-0.2, -0.15) is 13.2 Å². The van der Waals surface area contributed by atoms with Crippen LogP contribution in [0.25, 0.3) is 0 Å². The zero-order valence-electron chi connectivity index (χ0n) is 22.3. The molecular weight excluding hydrogens is 580 g/mol. The van der Waals surface area contributed by atoms with Crippen molar-refractivity contribution >= 4 is 33.5 Å². The van der Waals surface area contributed by atoms with Crippen LogP contribution in [-0.4, -0.2) is 68.8 Å². The molecule has 0 saturated carbocycles. The number of alkyl halides is 3. The molecule has 1 aliphatic heterocycles. The number of fused-ring (bicyclic) bond motifs is 1. The molecule has 1 amide bonds. The molecular formula is C25H28F4N2O9S. The van der Waals surface area contributed by atoms with E-state index in [0.717, 1.165) is 35.7 Å². The Kier molecular flexibility index (Phi) is 8.70. The number of anilines is 2. The molecule has 0 radical (unpaired) electrons. The number of hydrogen-bond donors (Lipinski definition) is 3. The smallest absolute Gasteiger partial charge is 0.427 e. The van der Waals surface area contributed by atoms with Gasteiger partial charge < -0.3 is 24.4 Å². The predicted molar refractivity (Wildman–Crippen MR) is 136 cm³/mol. The van der Waals surface area contributed by atoms with Crippen LogP contribution in [0.5, 0.6) is 11.5 Å². The van der Waals surface area contributed by atoms with Crippen molar-refractivity contribution in [3.05, 3.63) is 42.2 Å². The van der Waals surface area contributed by atoms with Crippen LogP contribution in [0.15, 0.2) is 41.3 Å². The summed E-state index contributed by atoms with van der Waals surface area (Å²) < 4.78 is 96.9. The summed E-state index contributed by atoms with van der Waals surface area (Å²) in [5.74, 6) is -2.65. The molecule has 3 N–H and O–H groups in total. The highest BCUT2D eigenvalue weighted by Gasteiger charge is 2.51. The second-order valence-corrected chi connectivity index (χ2v) is 11.9. The number of methoxy groups -OCH3 is 1. The van der Waals surface area contributed by atoms with Crippen LogP contribution in [0.3, 0.4) is 0 Å². The van der Waals surface area contributed by atoms with Crippen molar-refractivity contribution in [2.45, 2.75) is 50.0 Å². The highest BCUT2D eigenvalue weighted by Crippen LogP contribution is 2.42. The zero-order valence-corrected chi connectivity index (χ0v) is 23.1. The van der Waals surface area contributed by atoms with Gasteiger partial charge >= 0.3 is 18.2 Å². The number of benzene rings is 2. The third kappa shape index (κ3) is 6.59.